The summed E-state index contributed by atoms with van der Waals surface area (Å²) in [7, 11) is 0. The summed E-state index contributed by atoms with van der Waals surface area (Å²) in [5.74, 6) is -0.534. The van der Waals surface area contributed by atoms with E-state index in [1.807, 2.05) is 13.0 Å². The summed E-state index contributed by atoms with van der Waals surface area (Å²) in [6, 6.07) is 0. The zero-order valence-corrected chi connectivity index (χ0v) is 9.37. The average molecular weight is 212 g/mol. The van der Waals surface area contributed by atoms with Crippen molar-refractivity contribution in [1.29, 1.82) is 0 Å². The monoisotopic (exact) mass is 212 g/mol. The fourth-order valence-corrected chi connectivity index (χ4v) is 2.99. The number of allylic oxidation sites excluding steroid dienone is 1. The van der Waals surface area contributed by atoms with Gasteiger partial charge in [-0.1, -0.05) is 12.5 Å². The van der Waals surface area contributed by atoms with E-state index in [0.717, 1.165) is 32.1 Å². The highest BCUT2D eigenvalue weighted by molar-refractivity contribution is 5.03. The molecule has 1 aliphatic carbocycles. The van der Waals surface area contributed by atoms with Crippen LogP contribution in [0.15, 0.2) is 12.7 Å². The number of ether oxygens (including phenoxy) is 2. The minimum absolute atomic E-state index is 0.117. The van der Waals surface area contributed by atoms with Gasteiger partial charge in [0.25, 0.3) is 0 Å². The highest BCUT2D eigenvalue weighted by Gasteiger charge is 2.60. The third kappa shape index (κ3) is 1.53. The van der Waals surface area contributed by atoms with Gasteiger partial charge < -0.3 is 14.6 Å². The zero-order chi connectivity index (χ0) is 10.9. The Morgan fingerprint density at radius 3 is 2.60 bits per heavy atom. The second-order valence-electron chi connectivity index (χ2n) is 4.69. The number of aliphatic hydroxyl groups excluding tert-OH is 1. The van der Waals surface area contributed by atoms with Crippen LogP contribution < -0.4 is 0 Å². The Kier molecular flexibility index (Phi) is 2.88. The van der Waals surface area contributed by atoms with Crippen LogP contribution in [-0.4, -0.2) is 23.8 Å². The van der Waals surface area contributed by atoms with Crippen LogP contribution in [0.3, 0.4) is 0 Å². The van der Waals surface area contributed by atoms with Gasteiger partial charge in [-0.05, 0) is 26.2 Å². The fraction of sp³-hybridized carbons (Fsp3) is 0.833. The molecule has 1 spiro atoms. The molecule has 2 fully saturated rings. The van der Waals surface area contributed by atoms with Crippen LogP contribution >= 0.6 is 0 Å². The van der Waals surface area contributed by atoms with Gasteiger partial charge >= 0.3 is 0 Å². The first-order chi connectivity index (χ1) is 7.18. The molecule has 1 N–H and O–H groups in total. The van der Waals surface area contributed by atoms with Gasteiger partial charge in [-0.25, -0.2) is 0 Å². The number of hydrogen-bond donors (Lipinski definition) is 1. The summed E-state index contributed by atoms with van der Waals surface area (Å²) in [4.78, 5) is 0. The van der Waals surface area contributed by atoms with Crippen molar-refractivity contribution in [1.82, 2.24) is 0 Å². The maximum absolute atomic E-state index is 9.65. The maximum atomic E-state index is 9.65. The van der Waals surface area contributed by atoms with Gasteiger partial charge in [-0.3, -0.25) is 0 Å². The van der Waals surface area contributed by atoms with Crippen LogP contribution in [0.4, 0.5) is 0 Å². The minimum atomic E-state index is -0.534. The second-order valence-corrected chi connectivity index (χ2v) is 4.69. The van der Waals surface area contributed by atoms with Crippen LogP contribution in [0.2, 0.25) is 0 Å². The number of aliphatic hydroxyl groups is 1. The van der Waals surface area contributed by atoms with Crippen LogP contribution in [0, 0.1) is 5.41 Å². The van der Waals surface area contributed by atoms with Gasteiger partial charge in [0.05, 0.1) is 12.0 Å². The number of hydrogen-bond acceptors (Lipinski definition) is 3. The highest BCUT2D eigenvalue weighted by atomic mass is 16.9. The quantitative estimate of drug-likeness (QED) is 0.729. The van der Waals surface area contributed by atoms with Crippen LogP contribution in [0.1, 0.15) is 39.0 Å². The van der Waals surface area contributed by atoms with Gasteiger partial charge in [0, 0.05) is 6.42 Å². The molecule has 0 aromatic rings. The van der Waals surface area contributed by atoms with Crippen molar-refractivity contribution in [3.63, 3.8) is 0 Å². The lowest BCUT2D eigenvalue weighted by Crippen LogP contribution is -2.65. The Hall–Kier alpha value is -0.380. The molecule has 1 atom stereocenters. The molecule has 86 valence electrons. The summed E-state index contributed by atoms with van der Waals surface area (Å²) in [6.45, 7) is 5.78. The molecule has 3 nitrogen and oxygen atoms in total. The van der Waals surface area contributed by atoms with E-state index in [9.17, 15) is 5.11 Å². The Balaban J connectivity index is 2.20. The van der Waals surface area contributed by atoms with Gasteiger partial charge in [-0.2, -0.15) is 0 Å². The summed E-state index contributed by atoms with van der Waals surface area (Å²) < 4.78 is 11.6. The average Bonchev–Trinajstić information content (AvgIpc) is 2.19. The molecule has 0 bridgehead atoms. The second kappa shape index (κ2) is 3.89. The van der Waals surface area contributed by atoms with Crippen molar-refractivity contribution in [2.45, 2.75) is 51.1 Å². The van der Waals surface area contributed by atoms with E-state index in [2.05, 4.69) is 6.58 Å². The lowest BCUT2D eigenvalue weighted by atomic mass is 9.66. The Morgan fingerprint density at radius 2 is 2.07 bits per heavy atom. The van der Waals surface area contributed by atoms with Gasteiger partial charge in [0.2, 0.25) is 0 Å². The molecule has 2 aliphatic rings. The molecule has 1 heterocycles. The van der Waals surface area contributed by atoms with Crippen LogP contribution in [0.25, 0.3) is 0 Å². The summed E-state index contributed by atoms with van der Waals surface area (Å²) in [5, 5.41) is 9.65. The molecule has 1 unspecified atom stereocenters. The topological polar surface area (TPSA) is 38.7 Å². The van der Waals surface area contributed by atoms with Gasteiger partial charge in [0.15, 0.2) is 12.1 Å². The van der Waals surface area contributed by atoms with Crippen molar-refractivity contribution in [2.24, 2.45) is 5.41 Å². The predicted molar refractivity (Wildman–Crippen MR) is 57.2 cm³/mol. The molecule has 0 radical (unpaired) electrons. The first-order valence-corrected chi connectivity index (χ1v) is 5.75. The van der Waals surface area contributed by atoms with Crippen LogP contribution in [-0.2, 0) is 9.47 Å². The molecule has 0 aromatic heterocycles. The van der Waals surface area contributed by atoms with Crippen molar-refractivity contribution in [3.8, 4) is 0 Å². The SMILES string of the molecule is C=CCC1(CO)CCCCC12OC(C)O2. The minimum Gasteiger partial charge on any atom is -0.396 e. The van der Waals surface area contributed by atoms with E-state index in [0.29, 0.717) is 0 Å². The Labute approximate surface area is 91.1 Å². The number of rotatable bonds is 3. The fourth-order valence-electron chi connectivity index (χ4n) is 2.99. The maximum Gasteiger partial charge on any atom is 0.182 e. The Morgan fingerprint density at radius 1 is 1.40 bits per heavy atom. The first kappa shape index (κ1) is 11.1. The third-order valence-corrected chi connectivity index (χ3v) is 3.77. The van der Waals surface area contributed by atoms with E-state index in [4.69, 9.17) is 9.47 Å². The van der Waals surface area contributed by atoms with Crippen LogP contribution in [0.5, 0.6) is 0 Å². The summed E-state index contributed by atoms with van der Waals surface area (Å²) >= 11 is 0. The van der Waals surface area contributed by atoms with Crippen molar-refractivity contribution in [3.05, 3.63) is 12.7 Å². The first-order valence-electron chi connectivity index (χ1n) is 5.75. The predicted octanol–water partition coefficient (Wildman–Crippen LogP) is 2.20. The molecule has 2 rings (SSSR count). The van der Waals surface area contributed by atoms with E-state index in [1.165, 1.54) is 0 Å². The highest BCUT2D eigenvalue weighted by Crippen LogP contribution is 2.54. The molecule has 15 heavy (non-hydrogen) atoms. The van der Waals surface area contributed by atoms with E-state index in [-0.39, 0.29) is 18.3 Å². The molecule has 1 saturated heterocycles. The lowest BCUT2D eigenvalue weighted by Gasteiger charge is -2.59. The molecule has 1 aliphatic heterocycles. The van der Waals surface area contributed by atoms with E-state index >= 15 is 0 Å². The molecule has 1 saturated carbocycles. The van der Waals surface area contributed by atoms with Crippen molar-refractivity contribution in [2.75, 3.05) is 6.61 Å². The van der Waals surface area contributed by atoms with Gasteiger partial charge in [0.1, 0.15) is 0 Å². The molecular formula is C12H20O3. The molecule has 0 amide bonds. The standard InChI is InChI=1S/C12H20O3/c1-3-6-11(9-13)7-4-5-8-12(11)14-10(2)15-12/h3,10,13H,1,4-9H2,2H3. The zero-order valence-electron chi connectivity index (χ0n) is 9.37. The lowest BCUT2D eigenvalue weighted by molar-refractivity contribution is -0.491. The largest absolute Gasteiger partial charge is 0.396 e. The third-order valence-electron chi connectivity index (χ3n) is 3.77. The summed E-state index contributed by atoms with van der Waals surface area (Å²) in [6.07, 6.45) is 6.60. The van der Waals surface area contributed by atoms with E-state index in [1.54, 1.807) is 0 Å². The van der Waals surface area contributed by atoms with Gasteiger partial charge in [-0.15, -0.1) is 6.58 Å². The summed E-state index contributed by atoms with van der Waals surface area (Å²) in [5.41, 5.74) is -0.264. The Bertz CT molecular complexity index is 240. The van der Waals surface area contributed by atoms with Crippen molar-refractivity contribution >= 4 is 0 Å². The smallest absolute Gasteiger partial charge is 0.182 e. The molecular weight excluding hydrogens is 192 g/mol. The van der Waals surface area contributed by atoms with Crippen molar-refractivity contribution < 1.29 is 14.6 Å². The molecule has 3 heteroatoms. The normalized spacial score (nSPS) is 45.1. The van der Waals surface area contributed by atoms with E-state index < -0.39 is 5.79 Å². The molecule has 0 aromatic carbocycles.